The van der Waals surface area contributed by atoms with Crippen LogP contribution in [0.2, 0.25) is 5.02 Å². The van der Waals surface area contributed by atoms with Crippen molar-refractivity contribution < 1.29 is 4.39 Å². The van der Waals surface area contributed by atoms with Crippen molar-refractivity contribution in [1.82, 2.24) is 0 Å². The molecule has 0 aliphatic carbocycles. The van der Waals surface area contributed by atoms with E-state index in [2.05, 4.69) is 37.2 Å². The fourth-order valence-electron chi connectivity index (χ4n) is 1.53. The van der Waals surface area contributed by atoms with Crippen LogP contribution in [0.5, 0.6) is 0 Å². The summed E-state index contributed by atoms with van der Waals surface area (Å²) < 4.78 is 15.4. The monoisotopic (exact) mass is 391 g/mol. The third-order valence-corrected chi connectivity index (χ3v) is 3.98. The third kappa shape index (κ3) is 3.25. The van der Waals surface area contributed by atoms with Crippen LogP contribution in [0.1, 0.15) is 5.56 Å². The van der Waals surface area contributed by atoms with Crippen LogP contribution < -0.4 is 5.32 Å². The number of anilines is 1. The van der Waals surface area contributed by atoms with Gasteiger partial charge in [-0.25, -0.2) is 4.39 Å². The molecule has 5 heteroatoms. The Hall–Kier alpha value is -0.580. The lowest BCUT2D eigenvalue weighted by atomic mass is 10.2. The normalized spacial score (nSPS) is 10.4. The molecule has 0 fully saturated rings. The van der Waals surface area contributed by atoms with Gasteiger partial charge in [-0.1, -0.05) is 17.7 Å². The highest BCUT2D eigenvalue weighted by atomic mass is 79.9. The summed E-state index contributed by atoms with van der Waals surface area (Å²) in [5.41, 5.74) is 1.42. The molecule has 1 nitrogen and oxygen atoms in total. The molecule has 1 N–H and O–H groups in total. The van der Waals surface area contributed by atoms with Crippen LogP contribution in [-0.2, 0) is 6.54 Å². The van der Waals surface area contributed by atoms with Crippen molar-refractivity contribution in [2.45, 2.75) is 6.54 Å². The molecule has 2 aromatic carbocycles. The van der Waals surface area contributed by atoms with Crippen LogP contribution in [-0.4, -0.2) is 0 Å². The molecule has 0 atom stereocenters. The number of benzene rings is 2. The van der Waals surface area contributed by atoms with Crippen molar-refractivity contribution in [2.24, 2.45) is 0 Å². The third-order valence-electron chi connectivity index (χ3n) is 2.43. The van der Waals surface area contributed by atoms with Crippen LogP contribution in [0.15, 0.2) is 45.3 Å². The van der Waals surface area contributed by atoms with E-state index in [9.17, 15) is 4.39 Å². The first-order chi connectivity index (χ1) is 8.58. The van der Waals surface area contributed by atoms with Crippen LogP contribution in [0.3, 0.4) is 0 Å². The van der Waals surface area contributed by atoms with Gasteiger partial charge in [-0.15, -0.1) is 0 Å². The Bertz CT molecular complexity index is 555. The van der Waals surface area contributed by atoms with Crippen molar-refractivity contribution in [3.63, 3.8) is 0 Å². The average molecular weight is 393 g/mol. The summed E-state index contributed by atoms with van der Waals surface area (Å²) in [6.07, 6.45) is 0. The maximum atomic E-state index is 13.6. The van der Waals surface area contributed by atoms with Crippen molar-refractivity contribution >= 4 is 49.1 Å². The lowest BCUT2D eigenvalue weighted by Crippen LogP contribution is -2.03. The Morgan fingerprint density at radius 3 is 2.44 bits per heavy atom. The minimum Gasteiger partial charge on any atom is -0.379 e. The molecule has 0 radical (unpaired) electrons. The number of hydrogen-bond acceptors (Lipinski definition) is 1. The van der Waals surface area contributed by atoms with Crippen LogP contribution >= 0.6 is 43.5 Å². The molecular weight excluding hydrogens is 384 g/mol. The Labute approximate surface area is 127 Å². The largest absolute Gasteiger partial charge is 0.379 e. The number of nitrogens with one attached hydrogen (secondary N) is 1. The highest BCUT2D eigenvalue weighted by Crippen LogP contribution is 2.31. The van der Waals surface area contributed by atoms with E-state index in [-0.39, 0.29) is 5.82 Å². The quantitative estimate of drug-likeness (QED) is 0.714. The van der Waals surface area contributed by atoms with Gasteiger partial charge in [-0.3, -0.25) is 0 Å². The van der Waals surface area contributed by atoms with Gasteiger partial charge in [-0.05, 0) is 62.2 Å². The van der Waals surface area contributed by atoms with E-state index in [1.165, 1.54) is 12.1 Å². The summed E-state index contributed by atoms with van der Waals surface area (Å²) in [6.45, 7) is 0.369. The first kappa shape index (κ1) is 13.8. The molecular formula is C13H9Br2ClFN. The molecule has 0 bridgehead atoms. The summed E-state index contributed by atoms with van der Waals surface area (Å²) >= 11 is 12.7. The van der Waals surface area contributed by atoms with E-state index in [0.717, 1.165) is 14.6 Å². The lowest BCUT2D eigenvalue weighted by Gasteiger charge is -2.11. The molecule has 2 rings (SSSR count). The highest BCUT2D eigenvalue weighted by molar-refractivity contribution is 9.11. The topological polar surface area (TPSA) is 12.0 Å². The second-order valence-corrected chi connectivity index (χ2v) is 5.83. The predicted octanol–water partition coefficient (Wildman–Crippen LogP) is 5.62. The smallest absolute Gasteiger partial charge is 0.128 e. The van der Waals surface area contributed by atoms with Gasteiger partial charge in [-0.2, -0.15) is 0 Å². The maximum absolute atomic E-state index is 13.6. The summed E-state index contributed by atoms with van der Waals surface area (Å²) in [4.78, 5) is 0. The summed E-state index contributed by atoms with van der Waals surface area (Å²) in [6, 6.07) is 10.3. The zero-order valence-corrected chi connectivity index (χ0v) is 13.1. The second-order valence-electron chi connectivity index (χ2n) is 3.69. The Balaban J connectivity index is 2.19. The lowest BCUT2D eigenvalue weighted by molar-refractivity contribution is 0.613. The number of hydrogen-bond donors (Lipinski definition) is 1. The maximum Gasteiger partial charge on any atom is 0.128 e. The van der Waals surface area contributed by atoms with Gasteiger partial charge in [0.25, 0.3) is 0 Å². The number of rotatable bonds is 3. The van der Waals surface area contributed by atoms with Gasteiger partial charge in [0.05, 0.1) is 5.69 Å². The minimum absolute atomic E-state index is 0.268. The first-order valence-corrected chi connectivity index (χ1v) is 7.16. The highest BCUT2D eigenvalue weighted by Gasteiger charge is 2.07. The molecule has 0 aliphatic heterocycles. The molecule has 94 valence electrons. The molecule has 0 amide bonds. The van der Waals surface area contributed by atoms with Gasteiger partial charge in [0.2, 0.25) is 0 Å². The molecule has 2 aromatic rings. The van der Waals surface area contributed by atoms with Crippen LogP contribution in [0.4, 0.5) is 10.1 Å². The van der Waals surface area contributed by atoms with E-state index in [4.69, 9.17) is 11.6 Å². The molecule has 0 spiro atoms. The van der Waals surface area contributed by atoms with Gasteiger partial charge in [0.1, 0.15) is 5.82 Å². The predicted molar refractivity (Wildman–Crippen MR) is 80.6 cm³/mol. The van der Waals surface area contributed by atoms with E-state index in [1.54, 1.807) is 6.07 Å². The van der Waals surface area contributed by atoms with Crippen molar-refractivity contribution in [3.05, 3.63) is 61.7 Å². The molecule has 0 saturated heterocycles. The van der Waals surface area contributed by atoms with Gasteiger partial charge in [0.15, 0.2) is 0 Å². The number of para-hydroxylation sites is 1. The van der Waals surface area contributed by atoms with Gasteiger partial charge < -0.3 is 5.32 Å². The second kappa shape index (κ2) is 6.04. The van der Waals surface area contributed by atoms with Crippen LogP contribution in [0.25, 0.3) is 0 Å². The van der Waals surface area contributed by atoms with Crippen molar-refractivity contribution in [3.8, 4) is 0 Å². The molecule has 18 heavy (non-hydrogen) atoms. The molecule has 0 unspecified atom stereocenters. The van der Waals surface area contributed by atoms with Crippen molar-refractivity contribution in [2.75, 3.05) is 5.32 Å². The molecule has 0 aromatic heterocycles. The Morgan fingerprint density at radius 1 is 1.11 bits per heavy atom. The zero-order chi connectivity index (χ0) is 13.1. The number of halogens is 4. The fraction of sp³-hybridized carbons (Fsp3) is 0.0769. The van der Waals surface area contributed by atoms with Gasteiger partial charge >= 0.3 is 0 Å². The zero-order valence-electron chi connectivity index (χ0n) is 9.18. The molecule has 0 saturated carbocycles. The minimum atomic E-state index is -0.268. The van der Waals surface area contributed by atoms with Crippen LogP contribution in [0, 0.1) is 5.82 Å². The summed E-state index contributed by atoms with van der Waals surface area (Å²) in [5.74, 6) is -0.268. The molecule has 0 aliphatic rings. The van der Waals surface area contributed by atoms with E-state index >= 15 is 0 Å². The molecule has 0 heterocycles. The average Bonchev–Trinajstić information content (AvgIpc) is 2.33. The van der Waals surface area contributed by atoms with Crippen molar-refractivity contribution in [1.29, 1.82) is 0 Å². The first-order valence-electron chi connectivity index (χ1n) is 5.20. The fourth-order valence-corrected chi connectivity index (χ4v) is 3.00. The van der Waals surface area contributed by atoms with Gasteiger partial charge in [0, 0.05) is 26.1 Å². The summed E-state index contributed by atoms with van der Waals surface area (Å²) in [5, 5.41) is 3.70. The Morgan fingerprint density at radius 2 is 1.78 bits per heavy atom. The Kier molecular flexibility index (Phi) is 4.65. The van der Waals surface area contributed by atoms with E-state index in [1.807, 2.05) is 18.2 Å². The SMILES string of the molecule is Fc1ccc(Cl)cc1CNc1c(Br)cccc1Br. The standard InChI is InChI=1S/C13H9Br2ClFN/c14-10-2-1-3-11(15)13(10)18-7-8-6-9(16)4-5-12(8)17/h1-6,18H,7H2. The van der Waals surface area contributed by atoms with E-state index in [0.29, 0.717) is 17.1 Å². The summed E-state index contributed by atoms with van der Waals surface area (Å²) in [7, 11) is 0. The van der Waals surface area contributed by atoms with E-state index < -0.39 is 0 Å².